The number of hydrogen-bond acceptors (Lipinski definition) is 7. The number of aromatic nitrogens is 2. The predicted molar refractivity (Wildman–Crippen MR) is 107 cm³/mol. The van der Waals surface area contributed by atoms with Crippen LogP contribution in [0.1, 0.15) is 39.5 Å². The molecular formula is C18H24N4O2S2. The highest BCUT2D eigenvalue weighted by molar-refractivity contribution is 8.02. The number of hydrogen-bond donors (Lipinski definition) is 2. The molecule has 140 valence electrons. The molecule has 1 saturated carbocycles. The Kier molecular flexibility index (Phi) is 6.73. The smallest absolute Gasteiger partial charge is 0.233 e. The molecule has 1 heterocycles. The third-order valence-electron chi connectivity index (χ3n) is 4.18. The summed E-state index contributed by atoms with van der Waals surface area (Å²) in [6, 6.07) is 8.07. The Bertz CT molecular complexity index is 731. The van der Waals surface area contributed by atoms with Crippen LogP contribution < -0.4 is 15.4 Å². The van der Waals surface area contributed by atoms with Gasteiger partial charge in [-0.25, -0.2) is 0 Å². The Hall–Kier alpha value is -1.80. The first-order chi connectivity index (χ1) is 12.7. The number of carbonyl (C=O) groups excluding carboxylic acids is 1. The average Bonchev–Trinajstić information content (AvgIpc) is 3.29. The highest BCUT2D eigenvalue weighted by Crippen LogP contribution is 2.33. The Labute approximate surface area is 162 Å². The van der Waals surface area contributed by atoms with Gasteiger partial charge in [0.2, 0.25) is 11.0 Å². The number of ether oxygens (including phenoxy) is 1. The Morgan fingerprint density at radius 2 is 2.12 bits per heavy atom. The lowest BCUT2D eigenvalue weighted by molar-refractivity contribution is -0.120. The van der Waals surface area contributed by atoms with E-state index in [1.54, 1.807) is 0 Å². The van der Waals surface area contributed by atoms with Crippen molar-refractivity contribution >= 4 is 39.8 Å². The third-order valence-corrected chi connectivity index (χ3v) is 6.21. The highest BCUT2D eigenvalue weighted by atomic mass is 32.2. The largest absolute Gasteiger partial charge is 0.492 e. The summed E-state index contributed by atoms with van der Waals surface area (Å²) in [5.41, 5.74) is 0.856. The molecule has 2 N–H and O–H groups in total. The second-order valence-electron chi connectivity index (χ2n) is 6.18. The Morgan fingerprint density at radius 3 is 2.88 bits per heavy atom. The summed E-state index contributed by atoms with van der Waals surface area (Å²) in [5, 5.41) is 15.2. The van der Waals surface area contributed by atoms with Gasteiger partial charge in [0.25, 0.3) is 0 Å². The number of anilines is 2. The second kappa shape index (κ2) is 9.23. The lowest BCUT2D eigenvalue weighted by Crippen LogP contribution is -2.37. The van der Waals surface area contributed by atoms with E-state index in [2.05, 4.69) is 20.8 Å². The molecule has 26 heavy (non-hydrogen) atoms. The van der Waals surface area contributed by atoms with E-state index in [1.165, 1.54) is 35.9 Å². The van der Waals surface area contributed by atoms with E-state index in [4.69, 9.17) is 4.74 Å². The van der Waals surface area contributed by atoms with Crippen LogP contribution in [-0.2, 0) is 4.79 Å². The van der Waals surface area contributed by atoms with Crippen LogP contribution in [0.15, 0.2) is 28.6 Å². The van der Waals surface area contributed by atoms with E-state index >= 15 is 0 Å². The lowest BCUT2D eigenvalue weighted by atomic mass is 10.2. The molecule has 0 radical (unpaired) electrons. The molecule has 6 nitrogen and oxygen atoms in total. The molecular weight excluding hydrogens is 368 g/mol. The molecule has 1 aromatic heterocycles. The number of carbonyl (C=O) groups is 1. The van der Waals surface area contributed by atoms with Crippen molar-refractivity contribution in [3.05, 3.63) is 24.3 Å². The first-order valence-electron chi connectivity index (χ1n) is 8.95. The molecule has 0 spiro atoms. The van der Waals surface area contributed by atoms with Crippen molar-refractivity contribution in [3.63, 3.8) is 0 Å². The van der Waals surface area contributed by atoms with Crippen LogP contribution >= 0.6 is 23.1 Å². The summed E-state index contributed by atoms with van der Waals surface area (Å²) >= 11 is 2.88. The molecule has 1 aliphatic carbocycles. The number of rotatable bonds is 8. The van der Waals surface area contributed by atoms with Gasteiger partial charge in [0.05, 0.1) is 17.5 Å². The minimum atomic E-state index is -0.188. The number of amides is 1. The van der Waals surface area contributed by atoms with Crippen molar-refractivity contribution in [2.24, 2.45) is 0 Å². The fraction of sp³-hybridized carbons (Fsp3) is 0.500. The van der Waals surface area contributed by atoms with Crippen LogP contribution in [0, 0.1) is 0 Å². The Morgan fingerprint density at radius 1 is 1.35 bits per heavy atom. The summed E-state index contributed by atoms with van der Waals surface area (Å²) < 4.78 is 6.38. The van der Waals surface area contributed by atoms with E-state index < -0.39 is 0 Å². The molecule has 1 fully saturated rings. The minimum absolute atomic E-state index is 0.0771. The van der Waals surface area contributed by atoms with Gasteiger partial charge in [-0.2, -0.15) is 0 Å². The molecule has 8 heteroatoms. The Balaban J connectivity index is 1.56. The summed E-state index contributed by atoms with van der Waals surface area (Å²) in [6.45, 7) is 4.46. The van der Waals surface area contributed by atoms with Gasteiger partial charge in [-0.05, 0) is 38.8 Å². The molecule has 0 aliphatic heterocycles. The van der Waals surface area contributed by atoms with Crippen LogP contribution in [0.3, 0.4) is 0 Å². The van der Waals surface area contributed by atoms with Gasteiger partial charge in [0.15, 0.2) is 4.34 Å². The van der Waals surface area contributed by atoms with Crippen molar-refractivity contribution in [3.8, 4) is 5.75 Å². The third kappa shape index (κ3) is 5.11. The van der Waals surface area contributed by atoms with E-state index in [9.17, 15) is 4.79 Å². The zero-order valence-electron chi connectivity index (χ0n) is 15.0. The summed E-state index contributed by atoms with van der Waals surface area (Å²) in [5.74, 6) is 0.858. The van der Waals surface area contributed by atoms with Gasteiger partial charge in [0, 0.05) is 6.04 Å². The molecule has 3 rings (SSSR count). The van der Waals surface area contributed by atoms with Gasteiger partial charge in [-0.3, -0.25) is 4.79 Å². The molecule has 0 bridgehead atoms. The zero-order chi connectivity index (χ0) is 18.4. The van der Waals surface area contributed by atoms with E-state index in [1.807, 2.05) is 38.1 Å². The number of para-hydroxylation sites is 2. The van der Waals surface area contributed by atoms with Crippen LogP contribution in [0.5, 0.6) is 5.75 Å². The second-order valence-corrected chi connectivity index (χ2v) is 8.74. The lowest BCUT2D eigenvalue weighted by Gasteiger charge is -2.15. The highest BCUT2D eigenvalue weighted by Gasteiger charge is 2.22. The standard InChI is InChI=1S/C18H24N4O2S2/c1-3-24-15-11-7-6-10-14(15)20-17-21-22-18(26-17)25-12(2)16(23)19-13-8-4-5-9-13/h6-7,10-13H,3-5,8-9H2,1-2H3,(H,19,23)(H,20,21). The van der Waals surface area contributed by atoms with Crippen molar-refractivity contribution in [1.29, 1.82) is 0 Å². The zero-order valence-corrected chi connectivity index (χ0v) is 16.7. The molecule has 0 saturated heterocycles. The van der Waals surface area contributed by atoms with Crippen LogP contribution in [0.2, 0.25) is 0 Å². The number of nitrogens with one attached hydrogen (secondary N) is 2. The number of nitrogens with zero attached hydrogens (tertiary/aromatic N) is 2. The average molecular weight is 393 g/mol. The maximum absolute atomic E-state index is 12.3. The summed E-state index contributed by atoms with van der Waals surface area (Å²) in [6.07, 6.45) is 4.60. The maximum atomic E-state index is 12.3. The summed E-state index contributed by atoms with van der Waals surface area (Å²) in [4.78, 5) is 12.3. The molecule has 1 amide bonds. The SMILES string of the molecule is CCOc1ccccc1Nc1nnc(SC(C)C(=O)NC2CCCC2)s1. The van der Waals surface area contributed by atoms with Crippen molar-refractivity contribution in [1.82, 2.24) is 15.5 Å². The van der Waals surface area contributed by atoms with Crippen LogP contribution in [-0.4, -0.2) is 34.0 Å². The van der Waals surface area contributed by atoms with E-state index in [-0.39, 0.29) is 11.2 Å². The molecule has 2 aromatic rings. The van der Waals surface area contributed by atoms with Crippen LogP contribution in [0.25, 0.3) is 0 Å². The maximum Gasteiger partial charge on any atom is 0.233 e. The normalized spacial score (nSPS) is 15.6. The van der Waals surface area contributed by atoms with Gasteiger partial charge in [-0.1, -0.05) is 48.1 Å². The molecule has 1 atom stereocenters. The fourth-order valence-electron chi connectivity index (χ4n) is 2.87. The first kappa shape index (κ1) is 19.0. The molecule has 1 unspecified atom stereocenters. The van der Waals surface area contributed by atoms with Gasteiger partial charge < -0.3 is 15.4 Å². The molecule has 1 aliphatic rings. The molecule has 1 aromatic carbocycles. The van der Waals surface area contributed by atoms with Crippen LogP contribution in [0.4, 0.5) is 10.8 Å². The predicted octanol–water partition coefficient (Wildman–Crippen LogP) is 4.22. The first-order valence-corrected chi connectivity index (χ1v) is 10.6. The van der Waals surface area contributed by atoms with Gasteiger partial charge in [0.1, 0.15) is 5.75 Å². The fourth-order valence-corrected chi connectivity index (χ4v) is 4.79. The van der Waals surface area contributed by atoms with Gasteiger partial charge in [-0.15, -0.1) is 10.2 Å². The number of thioether (sulfide) groups is 1. The summed E-state index contributed by atoms with van der Waals surface area (Å²) in [7, 11) is 0. The van der Waals surface area contributed by atoms with E-state index in [0.29, 0.717) is 17.8 Å². The minimum Gasteiger partial charge on any atom is -0.492 e. The topological polar surface area (TPSA) is 76.1 Å². The number of benzene rings is 1. The van der Waals surface area contributed by atoms with Crippen molar-refractivity contribution in [2.45, 2.75) is 55.2 Å². The van der Waals surface area contributed by atoms with E-state index in [0.717, 1.165) is 28.6 Å². The van der Waals surface area contributed by atoms with Gasteiger partial charge >= 0.3 is 0 Å². The monoisotopic (exact) mass is 392 g/mol. The quantitative estimate of drug-likeness (QED) is 0.655. The van der Waals surface area contributed by atoms with Crippen molar-refractivity contribution < 1.29 is 9.53 Å². The van der Waals surface area contributed by atoms with Crippen molar-refractivity contribution in [2.75, 3.05) is 11.9 Å².